The molecule has 0 aliphatic carbocycles. The average Bonchev–Trinajstić information content (AvgIpc) is 2.31. The average molecular weight is 173 g/mol. The molecule has 0 saturated carbocycles. The number of rotatable bonds is 2. The summed E-state index contributed by atoms with van der Waals surface area (Å²) >= 11 is 4.91. The van der Waals surface area contributed by atoms with Gasteiger partial charge in [0.15, 0.2) is 5.82 Å². The van der Waals surface area contributed by atoms with Gasteiger partial charge in [-0.15, -0.1) is 0 Å². The molecule has 1 rings (SSSR count). The number of nitrogens with one attached hydrogen (secondary N) is 1. The van der Waals surface area contributed by atoms with Crippen molar-refractivity contribution in [2.45, 2.75) is 13.0 Å². The zero-order valence-electron chi connectivity index (χ0n) is 6.79. The number of aromatic nitrogens is 3. The van der Waals surface area contributed by atoms with Crippen molar-refractivity contribution < 1.29 is 4.74 Å². The second kappa shape index (κ2) is 3.15. The molecule has 1 unspecified atom stereocenters. The lowest BCUT2D eigenvalue weighted by molar-refractivity contribution is 0.112. The Morgan fingerprint density at radius 2 is 2.36 bits per heavy atom. The summed E-state index contributed by atoms with van der Waals surface area (Å²) in [5, 5.41) is 2.97. The van der Waals surface area contributed by atoms with Crippen molar-refractivity contribution >= 4 is 12.2 Å². The van der Waals surface area contributed by atoms with Crippen molar-refractivity contribution in [2.24, 2.45) is 7.05 Å². The maximum absolute atomic E-state index is 5.05. The van der Waals surface area contributed by atoms with Gasteiger partial charge in [-0.1, -0.05) is 0 Å². The summed E-state index contributed by atoms with van der Waals surface area (Å²) in [5.74, 6) is 0.764. The molecule has 0 bridgehead atoms. The highest BCUT2D eigenvalue weighted by molar-refractivity contribution is 7.71. The van der Waals surface area contributed by atoms with E-state index in [4.69, 9.17) is 17.0 Å². The highest BCUT2D eigenvalue weighted by Crippen LogP contribution is 2.08. The molecule has 0 saturated heterocycles. The quantitative estimate of drug-likeness (QED) is 0.683. The van der Waals surface area contributed by atoms with Crippen LogP contribution in [0.5, 0.6) is 0 Å². The van der Waals surface area contributed by atoms with Crippen LogP contribution in [0.2, 0.25) is 0 Å². The van der Waals surface area contributed by atoms with Crippen LogP contribution in [0.4, 0.5) is 0 Å². The van der Waals surface area contributed by atoms with E-state index in [0.717, 1.165) is 5.82 Å². The van der Waals surface area contributed by atoms with Crippen LogP contribution in [-0.2, 0) is 11.8 Å². The SMILES string of the molecule is COC(C)c1nc(=S)n(C)[nH]1. The fourth-order valence-corrected chi connectivity index (χ4v) is 0.860. The molecule has 0 spiro atoms. The second-order valence-electron chi connectivity index (χ2n) is 2.33. The fraction of sp³-hybridized carbons (Fsp3) is 0.667. The van der Waals surface area contributed by atoms with Crippen molar-refractivity contribution in [1.82, 2.24) is 14.8 Å². The van der Waals surface area contributed by atoms with Gasteiger partial charge in [0, 0.05) is 14.2 Å². The van der Waals surface area contributed by atoms with Gasteiger partial charge in [-0.3, -0.25) is 9.78 Å². The van der Waals surface area contributed by atoms with E-state index in [0.29, 0.717) is 4.77 Å². The van der Waals surface area contributed by atoms with Gasteiger partial charge in [0.1, 0.15) is 6.10 Å². The minimum absolute atomic E-state index is 0.0297. The lowest BCUT2D eigenvalue weighted by Gasteiger charge is -2.03. The Labute approximate surface area is 70.2 Å². The Bertz CT molecular complexity index is 290. The zero-order chi connectivity index (χ0) is 8.43. The summed E-state index contributed by atoms with van der Waals surface area (Å²) in [6.45, 7) is 1.91. The first-order valence-electron chi connectivity index (χ1n) is 3.31. The number of hydrogen-bond donors (Lipinski definition) is 1. The molecule has 62 valence electrons. The van der Waals surface area contributed by atoms with Crippen molar-refractivity contribution in [3.63, 3.8) is 0 Å². The van der Waals surface area contributed by atoms with Crippen LogP contribution in [0.25, 0.3) is 0 Å². The molecular weight excluding hydrogens is 162 g/mol. The van der Waals surface area contributed by atoms with Crippen LogP contribution >= 0.6 is 12.2 Å². The largest absolute Gasteiger partial charge is 0.374 e. The van der Waals surface area contributed by atoms with Crippen molar-refractivity contribution in [2.75, 3.05) is 7.11 Å². The van der Waals surface area contributed by atoms with E-state index in [1.54, 1.807) is 11.8 Å². The van der Waals surface area contributed by atoms with E-state index in [1.807, 2.05) is 14.0 Å². The molecule has 0 fully saturated rings. The summed E-state index contributed by atoms with van der Waals surface area (Å²) in [4.78, 5) is 4.08. The standard InChI is InChI=1S/C6H11N3OS/c1-4(10-3)5-7-6(11)9(2)8-5/h4H,1-3H3,(H,7,8,11). The van der Waals surface area contributed by atoms with E-state index < -0.39 is 0 Å². The minimum Gasteiger partial charge on any atom is -0.374 e. The third-order valence-electron chi connectivity index (χ3n) is 1.52. The van der Waals surface area contributed by atoms with E-state index in [9.17, 15) is 0 Å². The van der Waals surface area contributed by atoms with Gasteiger partial charge >= 0.3 is 0 Å². The number of nitrogens with zero attached hydrogens (tertiary/aromatic N) is 2. The molecule has 0 radical (unpaired) electrons. The minimum atomic E-state index is -0.0297. The first-order chi connectivity index (χ1) is 5.15. The topological polar surface area (TPSA) is 42.8 Å². The van der Waals surface area contributed by atoms with Crippen LogP contribution in [-0.4, -0.2) is 21.9 Å². The van der Waals surface area contributed by atoms with Gasteiger partial charge in [-0.05, 0) is 19.1 Å². The summed E-state index contributed by atoms with van der Waals surface area (Å²) in [6.07, 6.45) is -0.0297. The highest BCUT2D eigenvalue weighted by atomic mass is 32.1. The third kappa shape index (κ3) is 1.66. The Morgan fingerprint density at radius 3 is 2.73 bits per heavy atom. The number of H-pyrrole nitrogens is 1. The number of aryl methyl sites for hydroxylation is 1. The van der Waals surface area contributed by atoms with Crippen LogP contribution in [0, 0.1) is 4.77 Å². The maximum Gasteiger partial charge on any atom is 0.215 e. The summed E-state index contributed by atoms with van der Waals surface area (Å²) < 4.78 is 7.28. The zero-order valence-corrected chi connectivity index (χ0v) is 7.60. The Balaban J connectivity index is 2.97. The molecule has 0 aromatic carbocycles. The molecule has 1 heterocycles. The van der Waals surface area contributed by atoms with Gasteiger partial charge in [0.25, 0.3) is 0 Å². The normalized spacial score (nSPS) is 13.4. The number of hydrogen-bond acceptors (Lipinski definition) is 3. The van der Waals surface area contributed by atoms with Crippen LogP contribution in [0.15, 0.2) is 0 Å². The lowest BCUT2D eigenvalue weighted by atomic mass is 10.4. The van der Waals surface area contributed by atoms with Crippen LogP contribution < -0.4 is 0 Å². The third-order valence-corrected chi connectivity index (χ3v) is 1.89. The van der Waals surface area contributed by atoms with Crippen molar-refractivity contribution in [3.05, 3.63) is 10.6 Å². The number of methoxy groups -OCH3 is 1. The molecule has 1 aromatic rings. The summed E-state index contributed by atoms with van der Waals surface area (Å²) in [6, 6.07) is 0. The van der Waals surface area contributed by atoms with Gasteiger partial charge < -0.3 is 4.74 Å². The highest BCUT2D eigenvalue weighted by Gasteiger charge is 2.07. The lowest BCUT2D eigenvalue weighted by Crippen LogP contribution is -1.99. The van der Waals surface area contributed by atoms with Crippen LogP contribution in [0.1, 0.15) is 18.9 Å². The van der Waals surface area contributed by atoms with Crippen molar-refractivity contribution in [3.8, 4) is 0 Å². The molecule has 5 heteroatoms. The number of aromatic amines is 1. The van der Waals surface area contributed by atoms with E-state index >= 15 is 0 Å². The Hall–Kier alpha value is -0.680. The Kier molecular flexibility index (Phi) is 2.41. The molecule has 1 atom stereocenters. The molecule has 0 aliphatic heterocycles. The monoisotopic (exact) mass is 173 g/mol. The van der Waals surface area contributed by atoms with E-state index in [-0.39, 0.29) is 6.10 Å². The molecule has 11 heavy (non-hydrogen) atoms. The van der Waals surface area contributed by atoms with E-state index in [1.165, 1.54) is 0 Å². The molecule has 0 amide bonds. The summed E-state index contributed by atoms with van der Waals surface area (Å²) in [7, 11) is 3.46. The van der Waals surface area contributed by atoms with Crippen LogP contribution in [0.3, 0.4) is 0 Å². The first kappa shape index (κ1) is 8.42. The van der Waals surface area contributed by atoms with Gasteiger partial charge in [0.2, 0.25) is 4.77 Å². The predicted octanol–water partition coefficient (Wildman–Crippen LogP) is 1.19. The molecule has 4 nitrogen and oxygen atoms in total. The fourth-order valence-electron chi connectivity index (χ4n) is 0.716. The van der Waals surface area contributed by atoms with Gasteiger partial charge in [0.05, 0.1) is 0 Å². The summed E-state index contributed by atoms with van der Waals surface area (Å²) in [5.41, 5.74) is 0. The van der Waals surface area contributed by atoms with Gasteiger partial charge in [-0.25, -0.2) is 4.98 Å². The molecule has 0 aliphatic rings. The second-order valence-corrected chi connectivity index (χ2v) is 2.69. The maximum atomic E-state index is 5.05. The van der Waals surface area contributed by atoms with Crippen molar-refractivity contribution in [1.29, 1.82) is 0 Å². The van der Waals surface area contributed by atoms with E-state index in [2.05, 4.69) is 10.1 Å². The first-order valence-corrected chi connectivity index (χ1v) is 3.71. The van der Waals surface area contributed by atoms with Gasteiger partial charge in [-0.2, -0.15) is 0 Å². The smallest absolute Gasteiger partial charge is 0.215 e. The Morgan fingerprint density at radius 1 is 1.73 bits per heavy atom. The molecule has 1 aromatic heterocycles. The predicted molar refractivity (Wildman–Crippen MR) is 43.8 cm³/mol. The molecule has 1 N–H and O–H groups in total. The molecular formula is C6H11N3OS. The number of ether oxygens (including phenoxy) is 1.